The van der Waals surface area contributed by atoms with E-state index in [1.807, 2.05) is 0 Å². The molecule has 9 nitrogen and oxygen atoms in total. The lowest BCUT2D eigenvalue weighted by atomic mass is 9.79. The van der Waals surface area contributed by atoms with Crippen molar-refractivity contribution >= 4 is 17.8 Å². The largest absolute Gasteiger partial charge is 0.365 e. The van der Waals surface area contributed by atoms with Crippen LogP contribution in [-0.4, -0.2) is 34.9 Å². The minimum Gasteiger partial charge on any atom is -0.365 e. The zero-order chi connectivity index (χ0) is 20.5. The van der Waals surface area contributed by atoms with Crippen molar-refractivity contribution in [2.24, 2.45) is 5.92 Å². The Kier molecular flexibility index (Phi) is 4.96. The number of fused-ring (bicyclic) bond motifs is 1. The van der Waals surface area contributed by atoms with Gasteiger partial charge in [0.25, 0.3) is 11.8 Å². The molecule has 0 aromatic heterocycles. The summed E-state index contributed by atoms with van der Waals surface area (Å²) in [6.45, 7) is 3.29. The van der Waals surface area contributed by atoms with E-state index in [9.17, 15) is 24.5 Å². The predicted octanol–water partition coefficient (Wildman–Crippen LogP) is 1.10. The third-order valence-electron chi connectivity index (χ3n) is 4.69. The smallest absolute Gasteiger partial charge is 0.307 e. The lowest BCUT2D eigenvalue weighted by Gasteiger charge is -2.29. The van der Waals surface area contributed by atoms with Gasteiger partial charge in [0.05, 0.1) is 10.8 Å². The van der Waals surface area contributed by atoms with Crippen molar-refractivity contribution < 1.29 is 24.0 Å². The first-order chi connectivity index (χ1) is 13.3. The van der Waals surface area contributed by atoms with E-state index in [2.05, 4.69) is 10.6 Å². The number of carbonyl (C=O) groups excluding carboxylic acids is 3. The average molecular weight is 383 g/mol. The van der Waals surface area contributed by atoms with Gasteiger partial charge < -0.3 is 15.4 Å². The number of rotatable bonds is 5. The summed E-state index contributed by atoms with van der Waals surface area (Å²) in [4.78, 5) is 47.5. The Morgan fingerprint density at radius 2 is 2.07 bits per heavy atom. The quantitative estimate of drug-likeness (QED) is 0.445. The van der Waals surface area contributed by atoms with Crippen molar-refractivity contribution in [2.75, 3.05) is 6.61 Å². The number of amides is 2. The topological polar surface area (TPSA) is 128 Å². The van der Waals surface area contributed by atoms with Gasteiger partial charge in [-0.05, 0) is 32.1 Å². The van der Waals surface area contributed by atoms with Crippen LogP contribution in [-0.2, 0) is 14.3 Å². The molecule has 3 rings (SSSR count). The summed E-state index contributed by atoms with van der Waals surface area (Å²) in [5, 5.41) is 16.7. The molecule has 1 fully saturated rings. The lowest BCUT2D eigenvalue weighted by molar-refractivity contribution is -0.422. The van der Waals surface area contributed by atoms with Gasteiger partial charge in [-0.2, -0.15) is 0 Å². The third kappa shape index (κ3) is 3.02. The Balaban J connectivity index is 2.09. The van der Waals surface area contributed by atoms with E-state index in [0.717, 1.165) is 0 Å². The third-order valence-corrected chi connectivity index (χ3v) is 4.69. The minimum atomic E-state index is -1.50. The van der Waals surface area contributed by atoms with Crippen LogP contribution in [0.1, 0.15) is 24.2 Å². The molecular weight excluding hydrogens is 366 g/mol. The Bertz CT molecular complexity index is 975. The summed E-state index contributed by atoms with van der Waals surface area (Å²) in [6.07, 6.45) is 1.28. The maximum absolute atomic E-state index is 12.4. The molecule has 0 radical (unpaired) electrons. The molecule has 1 aromatic carbocycles. The first kappa shape index (κ1) is 19.2. The molecule has 0 bridgehead atoms. The number of allylic oxidation sites excluding steroid dienone is 2. The first-order valence-corrected chi connectivity index (χ1v) is 8.51. The maximum Gasteiger partial charge on any atom is 0.307 e. The van der Waals surface area contributed by atoms with Crippen LogP contribution in [0.4, 0.5) is 0 Å². The van der Waals surface area contributed by atoms with Crippen LogP contribution in [0.25, 0.3) is 0 Å². The number of nitro groups is 1. The highest BCUT2D eigenvalue weighted by Crippen LogP contribution is 2.44. The van der Waals surface area contributed by atoms with Gasteiger partial charge in [-0.25, -0.2) is 4.79 Å². The molecule has 2 unspecified atom stereocenters. The van der Waals surface area contributed by atoms with Crippen molar-refractivity contribution in [2.45, 2.75) is 19.4 Å². The second-order valence-electron chi connectivity index (χ2n) is 6.38. The van der Waals surface area contributed by atoms with Crippen molar-refractivity contribution in [1.82, 2.24) is 10.6 Å². The summed E-state index contributed by atoms with van der Waals surface area (Å²) < 4.78 is 5.53. The Labute approximate surface area is 159 Å². The van der Waals surface area contributed by atoms with Crippen molar-refractivity contribution in [3.63, 3.8) is 0 Å². The number of ether oxygens (including phenoxy) is 1. The normalized spacial score (nSPS) is 23.5. The molecule has 2 amide bonds. The van der Waals surface area contributed by atoms with E-state index in [0.29, 0.717) is 0 Å². The van der Waals surface area contributed by atoms with E-state index in [1.165, 1.54) is 13.0 Å². The number of hydrogen-bond acceptors (Lipinski definition) is 6. The summed E-state index contributed by atoms with van der Waals surface area (Å²) in [6, 6.07) is 8.10. The molecule has 1 heterocycles. The van der Waals surface area contributed by atoms with Crippen LogP contribution < -0.4 is 10.6 Å². The molecule has 1 aliphatic heterocycles. The monoisotopic (exact) mass is 383 g/mol. The van der Waals surface area contributed by atoms with E-state index >= 15 is 0 Å². The summed E-state index contributed by atoms with van der Waals surface area (Å²) >= 11 is 0. The summed E-state index contributed by atoms with van der Waals surface area (Å²) in [7, 11) is 0. The van der Waals surface area contributed by atoms with Gasteiger partial charge in [-0.15, -0.1) is 0 Å². The molecule has 1 aliphatic carbocycles. The molecule has 9 heteroatoms. The van der Waals surface area contributed by atoms with Gasteiger partial charge in [0.1, 0.15) is 17.2 Å². The molecular formula is C19H17N3O6. The van der Waals surface area contributed by atoms with Gasteiger partial charge >= 0.3 is 5.70 Å². The number of hydrogen-bond donors (Lipinski definition) is 2. The maximum atomic E-state index is 12.4. The predicted molar refractivity (Wildman–Crippen MR) is 96.9 cm³/mol. The Morgan fingerprint density at radius 3 is 2.64 bits per heavy atom. The Morgan fingerprint density at radius 1 is 1.39 bits per heavy atom. The van der Waals surface area contributed by atoms with Crippen molar-refractivity contribution in [1.29, 1.82) is 0 Å². The van der Waals surface area contributed by atoms with Crippen LogP contribution in [0, 0.1) is 16.0 Å². The summed E-state index contributed by atoms with van der Waals surface area (Å²) in [5.41, 5.74) is -2.17. The summed E-state index contributed by atoms with van der Waals surface area (Å²) in [5.74, 6) is -0.553. The molecule has 1 aromatic rings. The van der Waals surface area contributed by atoms with E-state index in [1.54, 1.807) is 43.2 Å². The van der Waals surface area contributed by atoms with Gasteiger partial charge in [-0.3, -0.25) is 19.7 Å². The van der Waals surface area contributed by atoms with Crippen LogP contribution >= 0.6 is 0 Å². The average Bonchev–Trinajstić information content (AvgIpc) is 2.91. The molecule has 2 atom stereocenters. The molecule has 1 saturated heterocycles. The molecule has 0 saturated carbocycles. The van der Waals surface area contributed by atoms with Crippen LogP contribution in [0.2, 0.25) is 0 Å². The zero-order valence-corrected chi connectivity index (χ0v) is 15.1. The number of nitrogens with one attached hydrogen (secondary N) is 2. The first-order valence-electron chi connectivity index (χ1n) is 8.51. The number of benzene rings is 1. The molecule has 144 valence electrons. The van der Waals surface area contributed by atoms with E-state index < -0.39 is 34.0 Å². The van der Waals surface area contributed by atoms with E-state index in [4.69, 9.17) is 4.74 Å². The fourth-order valence-electron chi connectivity index (χ4n) is 3.44. The van der Waals surface area contributed by atoms with E-state index in [-0.39, 0.29) is 29.1 Å². The molecule has 2 N–H and O–H groups in total. The highest BCUT2D eigenvalue weighted by Gasteiger charge is 2.57. The lowest BCUT2D eigenvalue weighted by Crippen LogP contribution is -2.44. The highest BCUT2D eigenvalue weighted by atomic mass is 16.6. The number of carbonyl (C=O) groups is 2. The van der Waals surface area contributed by atoms with Gasteiger partial charge in [0.15, 0.2) is 5.60 Å². The van der Waals surface area contributed by atoms with Crippen molar-refractivity contribution in [3.8, 4) is 0 Å². The number of nitrogens with zero attached hydrogens (tertiary/aromatic N) is 1. The van der Waals surface area contributed by atoms with Gasteiger partial charge in [0.2, 0.25) is 0 Å². The molecule has 0 spiro atoms. The standard InChI is InChI=1S/C19H17N3O6/c1-3-28-19(2)15-12(10-23)16(22(26)27)14(9-13(15)21-18(19)25)20-17(24)11-7-5-4-6-8-11/h4-9,15H,3H2,1-2H3,(H,20,24)(H,21,25). The fourth-order valence-corrected chi connectivity index (χ4v) is 3.44. The van der Waals surface area contributed by atoms with Crippen LogP contribution in [0.3, 0.4) is 0 Å². The highest BCUT2D eigenvalue weighted by molar-refractivity contribution is 5.97. The van der Waals surface area contributed by atoms with Gasteiger partial charge in [-0.1, -0.05) is 18.2 Å². The van der Waals surface area contributed by atoms with Gasteiger partial charge in [0, 0.05) is 17.9 Å². The second-order valence-corrected chi connectivity index (χ2v) is 6.38. The Hall–Kier alpha value is -3.55. The molecule has 2 aliphatic rings. The minimum absolute atomic E-state index is 0.162. The second kappa shape index (κ2) is 7.22. The van der Waals surface area contributed by atoms with Crippen LogP contribution in [0.5, 0.6) is 0 Å². The van der Waals surface area contributed by atoms with Crippen LogP contribution in [0.15, 0.2) is 59.1 Å². The fraction of sp³-hybridized carbons (Fsp3) is 0.263. The van der Waals surface area contributed by atoms with Crippen molar-refractivity contribution in [3.05, 3.63) is 74.7 Å². The molecule has 28 heavy (non-hydrogen) atoms. The zero-order valence-electron chi connectivity index (χ0n) is 15.1. The SMILES string of the molecule is CCOC1(C)C(=O)NC2=CC(NC(=O)c3ccccc3)=C([N+](=O)[O-])C(=C=O)C21.